The van der Waals surface area contributed by atoms with Gasteiger partial charge in [0.05, 0.1) is 5.56 Å². The topological polar surface area (TPSA) is 67.6 Å². The van der Waals surface area contributed by atoms with Crippen LogP contribution < -0.4 is 11.3 Å². The van der Waals surface area contributed by atoms with Crippen molar-refractivity contribution >= 4 is 5.97 Å². The van der Waals surface area contributed by atoms with Crippen molar-refractivity contribution < 1.29 is 9.63 Å². The summed E-state index contributed by atoms with van der Waals surface area (Å²) in [5.74, 6) is 5.69. The van der Waals surface area contributed by atoms with Crippen molar-refractivity contribution in [3.63, 3.8) is 0 Å². The number of fused-ring (bicyclic) bond motifs is 2. The summed E-state index contributed by atoms with van der Waals surface area (Å²) < 4.78 is 0. The zero-order valence-electron chi connectivity index (χ0n) is 10.1. The summed E-state index contributed by atoms with van der Waals surface area (Å²) >= 11 is 0. The lowest BCUT2D eigenvalue weighted by Gasteiger charge is -2.29. The van der Waals surface area contributed by atoms with Gasteiger partial charge in [0.25, 0.3) is 0 Å². The van der Waals surface area contributed by atoms with E-state index < -0.39 is 0 Å². The Morgan fingerprint density at radius 2 is 2.11 bits per heavy atom. The van der Waals surface area contributed by atoms with E-state index >= 15 is 0 Å². The molecule has 2 aliphatic rings. The molecule has 1 aliphatic carbocycles. The first kappa shape index (κ1) is 11.6. The van der Waals surface area contributed by atoms with Gasteiger partial charge in [0.2, 0.25) is 0 Å². The van der Waals surface area contributed by atoms with Gasteiger partial charge in [-0.25, -0.2) is 4.79 Å². The smallest absolute Gasteiger partial charge is 0.357 e. The zero-order valence-corrected chi connectivity index (χ0v) is 10.1. The minimum atomic E-state index is -0.277. The number of carbonyl (C=O) groups excluding carboxylic acids is 1. The summed E-state index contributed by atoms with van der Waals surface area (Å²) in [7, 11) is 0. The number of hydrazine groups is 1. The molecular weight excluding hydrogens is 230 g/mol. The number of hydrogen-bond donors (Lipinski definition) is 2. The number of nitrogens with one attached hydrogen (secondary N) is 1. The van der Waals surface area contributed by atoms with E-state index in [1.54, 1.807) is 12.1 Å². The molecule has 1 heterocycles. The van der Waals surface area contributed by atoms with Gasteiger partial charge in [-0.1, -0.05) is 18.2 Å². The number of hydrogen-bond acceptors (Lipinski definition) is 5. The maximum atomic E-state index is 11.9. The molecule has 0 aromatic heterocycles. The maximum absolute atomic E-state index is 11.9. The molecule has 0 amide bonds. The second-order valence-corrected chi connectivity index (χ2v) is 5.00. The van der Waals surface area contributed by atoms with Crippen LogP contribution in [0.1, 0.15) is 23.2 Å². The van der Waals surface area contributed by atoms with Gasteiger partial charge in [0.15, 0.2) is 0 Å². The Morgan fingerprint density at radius 3 is 2.72 bits per heavy atom. The maximum Gasteiger partial charge on any atom is 0.357 e. The molecule has 5 heteroatoms. The van der Waals surface area contributed by atoms with Crippen molar-refractivity contribution in [2.24, 2.45) is 11.8 Å². The molecule has 1 aromatic rings. The summed E-state index contributed by atoms with van der Waals surface area (Å²) in [4.78, 5) is 17.4. The Labute approximate surface area is 106 Å². The average Bonchev–Trinajstić information content (AvgIpc) is 2.99. The Bertz CT molecular complexity index is 437. The zero-order chi connectivity index (χ0) is 12.5. The highest BCUT2D eigenvalue weighted by atomic mass is 16.7. The van der Waals surface area contributed by atoms with Crippen LogP contribution in [0.2, 0.25) is 0 Å². The van der Waals surface area contributed by atoms with Crippen molar-refractivity contribution in [3.05, 3.63) is 35.9 Å². The summed E-state index contributed by atoms with van der Waals surface area (Å²) in [5, 5.41) is 1.81. The molecule has 2 bridgehead atoms. The number of hydroxylamine groups is 2. The van der Waals surface area contributed by atoms with Gasteiger partial charge in [-0.05, 0) is 30.9 Å². The third-order valence-corrected chi connectivity index (χ3v) is 3.92. The number of carbonyl (C=O) groups is 1. The molecule has 1 aliphatic heterocycles. The van der Waals surface area contributed by atoms with Crippen molar-refractivity contribution in [1.82, 2.24) is 10.5 Å². The fraction of sp³-hybridized carbons (Fsp3) is 0.462. The second kappa shape index (κ2) is 4.68. The number of rotatable bonds is 3. The van der Waals surface area contributed by atoms with E-state index in [0.717, 1.165) is 19.4 Å². The van der Waals surface area contributed by atoms with E-state index in [9.17, 15) is 4.79 Å². The predicted octanol–water partition coefficient (Wildman–Crippen LogP) is 0.684. The van der Waals surface area contributed by atoms with Gasteiger partial charge in [0, 0.05) is 18.6 Å². The number of nitrogens with two attached hydrogens (primary N) is 1. The highest BCUT2D eigenvalue weighted by molar-refractivity contribution is 5.89. The van der Waals surface area contributed by atoms with Crippen molar-refractivity contribution in [2.75, 3.05) is 6.54 Å². The molecular formula is C13H17N3O2. The Morgan fingerprint density at radius 1 is 1.33 bits per heavy atom. The standard InChI is InChI=1S/C13H17N3O2/c14-15-12-7-11-6-10(12)8-16(11)18-13(17)9-4-2-1-3-5-9/h1-5,10-12,15H,6-8,14H2. The van der Waals surface area contributed by atoms with E-state index in [-0.39, 0.29) is 5.97 Å². The molecule has 96 valence electrons. The van der Waals surface area contributed by atoms with E-state index in [2.05, 4.69) is 5.43 Å². The van der Waals surface area contributed by atoms with Crippen LogP contribution in [-0.2, 0) is 4.84 Å². The van der Waals surface area contributed by atoms with Crippen LogP contribution >= 0.6 is 0 Å². The first-order valence-electron chi connectivity index (χ1n) is 6.28. The van der Waals surface area contributed by atoms with Gasteiger partial charge in [-0.3, -0.25) is 11.3 Å². The van der Waals surface area contributed by atoms with Crippen LogP contribution in [0.5, 0.6) is 0 Å². The molecule has 0 spiro atoms. The SMILES string of the molecule is NNC1CC2CC1CN2OC(=O)c1ccccc1. The van der Waals surface area contributed by atoms with Crippen LogP contribution in [-0.4, -0.2) is 29.7 Å². The average molecular weight is 247 g/mol. The summed E-state index contributed by atoms with van der Waals surface area (Å²) in [6.45, 7) is 0.776. The fourth-order valence-electron chi connectivity index (χ4n) is 2.96. The van der Waals surface area contributed by atoms with Gasteiger partial charge in [-0.2, -0.15) is 0 Å². The lowest BCUT2D eigenvalue weighted by Crippen LogP contribution is -2.46. The van der Waals surface area contributed by atoms with Crippen LogP contribution in [0, 0.1) is 5.92 Å². The summed E-state index contributed by atoms with van der Waals surface area (Å²) in [6, 6.07) is 9.75. The van der Waals surface area contributed by atoms with Crippen molar-refractivity contribution in [3.8, 4) is 0 Å². The molecule has 5 nitrogen and oxygen atoms in total. The van der Waals surface area contributed by atoms with E-state index in [1.165, 1.54) is 0 Å². The molecule has 3 unspecified atom stereocenters. The van der Waals surface area contributed by atoms with Crippen LogP contribution in [0.25, 0.3) is 0 Å². The first-order valence-corrected chi connectivity index (χ1v) is 6.28. The number of piperidine rings is 1. The molecule has 3 rings (SSSR count). The monoisotopic (exact) mass is 247 g/mol. The lowest BCUT2D eigenvalue weighted by atomic mass is 10.1. The molecule has 3 N–H and O–H groups in total. The van der Waals surface area contributed by atoms with Crippen LogP contribution in [0.15, 0.2) is 30.3 Å². The number of nitrogens with zero attached hydrogens (tertiary/aromatic N) is 1. The highest BCUT2D eigenvalue weighted by Crippen LogP contribution is 2.37. The minimum absolute atomic E-state index is 0.277. The largest absolute Gasteiger partial charge is 0.364 e. The minimum Gasteiger partial charge on any atom is -0.364 e. The molecule has 1 saturated heterocycles. The van der Waals surface area contributed by atoms with E-state index in [4.69, 9.17) is 10.7 Å². The van der Waals surface area contributed by atoms with Crippen molar-refractivity contribution in [2.45, 2.75) is 24.9 Å². The van der Waals surface area contributed by atoms with Crippen LogP contribution in [0.4, 0.5) is 0 Å². The van der Waals surface area contributed by atoms with Gasteiger partial charge < -0.3 is 4.84 Å². The highest BCUT2D eigenvalue weighted by Gasteiger charge is 2.46. The summed E-state index contributed by atoms with van der Waals surface area (Å²) in [5.41, 5.74) is 3.43. The number of benzene rings is 1. The molecule has 1 saturated carbocycles. The second-order valence-electron chi connectivity index (χ2n) is 5.00. The van der Waals surface area contributed by atoms with Gasteiger partial charge in [0.1, 0.15) is 0 Å². The molecule has 18 heavy (non-hydrogen) atoms. The Hall–Kier alpha value is -1.43. The summed E-state index contributed by atoms with van der Waals surface area (Å²) in [6.07, 6.45) is 2.00. The van der Waals surface area contributed by atoms with Gasteiger partial charge >= 0.3 is 5.97 Å². The molecule has 3 atom stereocenters. The Kier molecular flexibility index (Phi) is 3.03. The quantitative estimate of drug-likeness (QED) is 0.607. The third kappa shape index (κ3) is 2.01. The van der Waals surface area contributed by atoms with E-state index in [1.807, 2.05) is 23.3 Å². The normalized spacial score (nSPS) is 30.6. The first-order chi connectivity index (χ1) is 8.78. The molecule has 2 fully saturated rings. The molecule has 0 radical (unpaired) electrons. The Balaban J connectivity index is 1.61. The van der Waals surface area contributed by atoms with Crippen LogP contribution in [0.3, 0.4) is 0 Å². The lowest BCUT2D eigenvalue weighted by molar-refractivity contribution is -0.131. The third-order valence-electron chi connectivity index (χ3n) is 3.92. The van der Waals surface area contributed by atoms with E-state index in [0.29, 0.717) is 23.6 Å². The fourth-order valence-corrected chi connectivity index (χ4v) is 2.96. The predicted molar refractivity (Wildman–Crippen MR) is 66.2 cm³/mol. The van der Waals surface area contributed by atoms with Crippen molar-refractivity contribution in [1.29, 1.82) is 0 Å². The van der Waals surface area contributed by atoms with Gasteiger partial charge in [-0.15, -0.1) is 5.06 Å². The molecule has 1 aromatic carbocycles.